The van der Waals surface area contributed by atoms with Gasteiger partial charge in [0.15, 0.2) is 11.5 Å². The van der Waals surface area contributed by atoms with Crippen LogP contribution in [-0.4, -0.2) is 29.1 Å². The van der Waals surface area contributed by atoms with Crippen LogP contribution in [0.1, 0.15) is 61.5 Å². The number of rotatable bonds is 7. The van der Waals surface area contributed by atoms with Crippen LogP contribution in [0.4, 0.5) is 0 Å². The highest BCUT2D eigenvalue weighted by atomic mass is 32.1. The molecule has 6 heteroatoms. The molecule has 0 saturated carbocycles. The van der Waals surface area contributed by atoms with Crippen molar-refractivity contribution >= 4 is 23.2 Å². The highest BCUT2D eigenvalue weighted by Gasteiger charge is 2.21. The van der Waals surface area contributed by atoms with Crippen molar-refractivity contribution in [3.05, 3.63) is 15.8 Å². The Morgan fingerprint density at radius 1 is 1.43 bits per heavy atom. The van der Waals surface area contributed by atoms with Crippen LogP contribution in [0.25, 0.3) is 0 Å². The number of thiophene rings is 1. The summed E-state index contributed by atoms with van der Waals surface area (Å²) in [6.45, 7) is 9.62. The third-order valence-electron chi connectivity index (χ3n) is 3.20. The summed E-state index contributed by atoms with van der Waals surface area (Å²) in [6.07, 6.45) is 0.801. The zero-order valence-corrected chi connectivity index (χ0v) is 14.0. The fourth-order valence-electron chi connectivity index (χ4n) is 1.58. The number of aromatic carboxylic acids is 1. The quantitative estimate of drug-likeness (QED) is 0.810. The first-order valence-corrected chi connectivity index (χ1v) is 7.78. The summed E-state index contributed by atoms with van der Waals surface area (Å²) in [6, 6.07) is 1.71. The Balaban J connectivity index is 2.75. The zero-order valence-electron chi connectivity index (χ0n) is 13.1. The maximum absolute atomic E-state index is 11.8. The Morgan fingerprint density at radius 3 is 2.52 bits per heavy atom. The molecule has 1 aromatic rings. The first-order chi connectivity index (χ1) is 9.66. The highest BCUT2D eigenvalue weighted by Crippen LogP contribution is 2.33. The lowest BCUT2D eigenvalue weighted by Crippen LogP contribution is -2.44. The van der Waals surface area contributed by atoms with Gasteiger partial charge in [0, 0.05) is 10.4 Å². The molecule has 0 aliphatic heterocycles. The van der Waals surface area contributed by atoms with Crippen LogP contribution in [0.15, 0.2) is 6.07 Å². The molecule has 1 heterocycles. The first-order valence-electron chi connectivity index (χ1n) is 6.97. The van der Waals surface area contributed by atoms with E-state index in [1.807, 2.05) is 34.6 Å². The third kappa shape index (κ3) is 5.04. The Hall–Kier alpha value is -1.56. The van der Waals surface area contributed by atoms with Crippen LogP contribution in [-0.2, 0) is 4.79 Å². The van der Waals surface area contributed by atoms with Crippen molar-refractivity contribution in [2.24, 2.45) is 0 Å². The standard InChI is InChI=1S/C15H23NO4S/c1-6-15(4,5)16-12(17)8-20-10-7-11(9(2)3)21-13(10)14(18)19/h7,9H,6,8H2,1-5H3,(H,16,17)(H,18,19). The number of ether oxygens (including phenoxy) is 1. The lowest BCUT2D eigenvalue weighted by Gasteiger charge is -2.24. The van der Waals surface area contributed by atoms with Gasteiger partial charge in [-0.05, 0) is 32.3 Å². The third-order valence-corrected chi connectivity index (χ3v) is 4.61. The van der Waals surface area contributed by atoms with E-state index in [1.54, 1.807) is 6.07 Å². The van der Waals surface area contributed by atoms with Crippen molar-refractivity contribution in [1.29, 1.82) is 0 Å². The molecule has 0 atom stereocenters. The number of hydrogen-bond acceptors (Lipinski definition) is 4. The van der Waals surface area contributed by atoms with Crippen molar-refractivity contribution in [1.82, 2.24) is 5.32 Å². The van der Waals surface area contributed by atoms with Gasteiger partial charge in [-0.3, -0.25) is 4.79 Å². The van der Waals surface area contributed by atoms with Crippen LogP contribution in [0.5, 0.6) is 5.75 Å². The summed E-state index contributed by atoms with van der Waals surface area (Å²) in [7, 11) is 0. The van der Waals surface area contributed by atoms with E-state index in [1.165, 1.54) is 11.3 Å². The summed E-state index contributed by atoms with van der Waals surface area (Å²) in [5.74, 6) is -0.800. The predicted molar refractivity (Wildman–Crippen MR) is 83.4 cm³/mol. The number of amides is 1. The summed E-state index contributed by atoms with van der Waals surface area (Å²) >= 11 is 1.19. The van der Waals surface area contributed by atoms with Crippen LogP contribution in [0, 0.1) is 0 Å². The molecule has 0 bridgehead atoms. The Kier molecular flexibility index (Phi) is 5.78. The molecule has 1 aromatic heterocycles. The van der Waals surface area contributed by atoms with Crippen LogP contribution >= 0.6 is 11.3 Å². The van der Waals surface area contributed by atoms with Crippen LogP contribution in [0.2, 0.25) is 0 Å². The Morgan fingerprint density at radius 2 is 2.05 bits per heavy atom. The fourth-order valence-corrected chi connectivity index (χ4v) is 2.52. The molecule has 1 rings (SSSR count). The van der Waals surface area contributed by atoms with E-state index in [4.69, 9.17) is 4.74 Å². The lowest BCUT2D eigenvalue weighted by molar-refractivity contribution is -0.124. The van der Waals surface area contributed by atoms with Crippen molar-refractivity contribution < 1.29 is 19.4 Å². The second kappa shape index (κ2) is 6.93. The van der Waals surface area contributed by atoms with Crippen molar-refractivity contribution in [2.75, 3.05) is 6.61 Å². The second-order valence-corrected chi connectivity index (χ2v) is 6.96. The molecule has 5 nitrogen and oxygen atoms in total. The molecular formula is C15H23NO4S. The molecule has 2 N–H and O–H groups in total. The van der Waals surface area contributed by atoms with Gasteiger partial charge in [-0.1, -0.05) is 20.8 Å². The molecule has 1 amide bonds. The van der Waals surface area contributed by atoms with Gasteiger partial charge in [-0.25, -0.2) is 4.79 Å². The monoisotopic (exact) mass is 313 g/mol. The van der Waals surface area contributed by atoms with E-state index >= 15 is 0 Å². The van der Waals surface area contributed by atoms with Gasteiger partial charge < -0.3 is 15.2 Å². The molecule has 118 valence electrons. The van der Waals surface area contributed by atoms with E-state index in [-0.39, 0.29) is 34.6 Å². The van der Waals surface area contributed by atoms with Gasteiger partial charge in [0.25, 0.3) is 5.91 Å². The minimum absolute atomic E-state index is 0.140. The van der Waals surface area contributed by atoms with Gasteiger partial charge in [0.05, 0.1) is 0 Å². The SMILES string of the molecule is CCC(C)(C)NC(=O)COc1cc(C(C)C)sc1C(=O)O. The zero-order chi connectivity index (χ0) is 16.2. The predicted octanol–water partition coefficient (Wildman–Crippen LogP) is 3.25. The summed E-state index contributed by atoms with van der Waals surface area (Å²) in [4.78, 5) is 24.1. The van der Waals surface area contributed by atoms with Crippen molar-refractivity contribution in [2.45, 2.75) is 52.5 Å². The summed E-state index contributed by atoms with van der Waals surface area (Å²) < 4.78 is 5.40. The highest BCUT2D eigenvalue weighted by molar-refractivity contribution is 7.14. The number of carbonyl (C=O) groups excluding carboxylic acids is 1. The minimum atomic E-state index is -1.03. The molecule has 0 spiro atoms. The van der Waals surface area contributed by atoms with Gasteiger partial charge in [-0.15, -0.1) is 11.3 Å². The van der Waals surface area contributed by atoms with Crippen molar-refractivity contribution in [3.8, 4) is 5.75 Å². The van der Waals surface area contributed by atoms with Crippen LogP contribution in [0.3, 0.4) is 0 Å². The molecule has 0 saturated heterocycles. The largest absolute Gasteiger partial charge is 0.482 e. The number of carboxylic acids is 1. The van der Waals surface area contributed by atoms with E-state index < -0.39 is 5.97 Å². The molecule has 0 aliphatic carbocycles. The lowest BCUT2D eigenvalue weighted by atomic mass is 10.0. The molecule has 21 heavy (non-hydrogen) atoms. The molecule has 0 fully saturated rings. The maximum atomic E-state index is 11.8. The maximum Gasteiger partial charge on any atom is 0.349 e. The summed E-state index contributed by atoms with van der Waals surface area (Å²) in [5.41, 5.74) is -0.298. The van der Waals surface area contributed by atoms with Gasteiger partial charge in [0.1, 0.15) is 5.75 Å². The number of hydrogen-bond donors (Lipinski definition) is 2. The first kappa shape index (κ1) is 17.5. The molecular weight excluding hydrogens is 290 g/mol. The van der Waals surface area contributed by atoms with E-state index in [0.717, 1.165) is 11.3 Å². The van der Waals surface area contributed by atoms with Gasteiger partial charge in [0.2, 0.25) is 0 Å². The Bertz CT molecular complexity index is 520. The van der Waals surface area contributed by atoms with E-state index in [0.29, 0.717) is 0 Å². The molecule has 0 aromatic carbocycles. The number of nitrogens with one attached hydrogen (secondary N) is 1. The summed E-state index contributed by atoms with van der Waals surface area (Å²) in [5, 5.41) is 12.0. The normalized spacial score (nSPS) is 11.5. The topological polar surface area (TPSA) is 75.6 Å². The minimum Gasteiger partial charge on any atom is -0.482 e. The molecule has 0 aliphatic rings. The Labute approximate surface area is 129 Å². The average Bonchev–Trinajstić information content (AvgIpc) is 2.80. The van der Waals surface area contributed by atoms with Crippen LogP contribution < -0.4 is 10.1 Å². The number of carbonyl (C=O) groups is 2. The average molecular weight is 313 g/mol. The van der Waals surface area contributed by atoms with Gasteiger partial charge in [-0.2, -0.15) is 0 Å². The fraction of sp³-hybridized carbons (Fsp3) is 0.600. The second-order valence-electron chi connectivity index (χ2n) is 5.88. The molecule has 0 radical (unpaired) electrons. The smallest absolute Gasteiger partial charge is 0.349 e. The number of carboxylic acid groups (broad SMARTS) is 1. The molecule has 0 unspecified atom stereocenters. The van der Waals surface area contributed by atoms with Crippen molar-refractivity contribution in [3.63, 3.8) is 0 Å². The van der Waals surface area contributed by atoms with E-state index in [2.05, 4.69) is 5.32 Å². The van der Waals surface area contributed by atoms with Gasteiger partial charge >= 0.3 is 5.97 Å². The van der Waals surface area contributed by atoms with E-state index in [9.17, 15) is 14.7 Å².